The molecule has 0 unspecified atom stereocenters. The van der Waals surface area contributed by atoms with Gasteiger partial charge in [-0.2, -0.15) is 0 Å². The summed E-state index contributed by atoms with van der Waals surface area (Å²) in [6.45, 7) is 7.12. The van der Waals surface area contributed by atoms with Gasteiger partial charge in [-0.15, -0.1) is 0 Å². The van der Waals surface area contributed by atoms with Crippen LogP contribution < -0.4 is 5.32 Å². The van der Waals surface area contributed by atoms with E-state index < -0.39 is 11.5 Å². The van der Waals surface area contributed by atoms with Crippen molar-refractivity contribution in [1.82, 2.24) is 0 Å². The molecule has 88 valence electrons. The van der Waals surface area contributed by atoms with E-state index >= 15 is 0 Å². The van der Waals surface area contributed by atoms with Crippen LogP contribution in [0.2, 0.25) is 0 Å². The molecule has 0 heterocycles. The molecule has 0 bridgehead atoms. The van der Waals surface area contributed by atoms with Gasteiger partial charge in [0.25, 0.3) is 5.91 Å². The first kappa shape index (κ1) is 12.7. The smallest absolute Gasteiger partial charge is 0.255 e. The average molecular weight is 221 g/mol. The van der Waals surface area contributed by atoms with Crippen LogP contribution in [0.3, 0.4) is 0 Å². The van der Waals surface area contributed by atoms with Crippen LogP contribution in [0, 0.1) is 0 Å². The topological polar surface area (TPSA) is 49.3 Å². The molecule has 1 amide bonds. The first-order valence-corrected chi connectivity index (χ1v) is 5.44. The van der Waals surface area contributed by atoms with Crippen molar-refractivity contribution >= 4 is 11.6 Å². The van der Waals surface area contributed by atoms with E-state index in [0.29, 0.717) is 5.92 Å². The molecule has 16 heavy (non-hydrogen) atoms. The number of benzene rings is 1. The standard InChI is InChI=1S/C13H19NO2/c1-9(2)10-6-5-7-11(8-10)14-12(15)13(3,4)16/h5-9,16H,1-4H3,(H,14,15). The maximum Gasteiger partial charge on any atom is 0.255 e. The van der Waals surface area contributed by atoms with Gasteiger partial charge >= 0.3 is 0 Å². The van der Waals surface area contributed by atoms with Crippen LogP contribution in [0.1, 0.15) is 39.2 Å². The number of amides is 1. The highest BCUT2D eigenvalue weighted by Gasteiger charge is 2.23. The molecular weight excluding hydrogens is 202 g/mol. The second kappa shape index (κ2) is 4.66. The summed E-state index contributed by atoms with van der Waals surface area (Å²) >= 11 is 0. The maximum absolute atomic E-state index is 11.6. The van der Waals surface area contributed by atoms with Crippen molar-refractivity contribution in [3.05, 3.63) is 29.8 Å². The Balaban J connectivity index is 2.83. The van der Waals surface area contributed by atoms with Crippen LogP contribution in [0.25, 0.3) is 0 Å². The Bertz CT molecular complexity index is 378. The van der Waals surface area contributed by atoms with E-state index in [9.17, 15) is 9.90 Å². The van der Waals surface area contributed by atoms with Crippen LogP contribution in [-0.2, 0) is 4.79 Å². The number of rotatable bonds is 3. The van der Waals surface area contributed by atoms with Crippen LogP contribution in [0.15, 0.2) is 24.3 Å². The van der Waals surface area contributed by atoms with Gasteiger partial charge in [0.05, 0.1) is 0 Å². The molecule has 3 heteroatoms. The summed E-state index contributed by atoms with van der Waals surface area (Å²) < 4.78 is 0. The number of carbonyl (C=O) groups is 1. The molecule has 0 spiro atoms. The lowest BCUT2D eigenvalue weighted by molar-refractivity contribution is -0.130. The van der Waals surface area contributed by atoms with E-state index in [1.165, 1.54) is 13.8 Å². The SMILES string of the molecule is CC(C)c1cccc(NC(=O)C(C)(C)O)c1. The summed E-state index contributed by atoms with van der Waals surface area (Å²) in [5.74, 6) is 0.0207. The van der Waals surface area contributed by atoms with E-state index in [0.717, 1.165) is 11.3 Å². The number of hydrogen-bond donors (Lipinski definition) is 2. The summed E-state index contributed by atoms with van der Waals surface area (Å²) in [6, 6.07) is 7.66. The van der Waals surface area contributed by atoms with E-state index in [-0.39, 0.29) is 0 Å². The Morgan fingerprint density at radius 1 is 1.38 bits per heavy atom. The van der Waals surface area contributed by atoms with Gasteiger partial charge in [-0.1, -0.05) is 26.0 Å². The number of nitrogens with one attached hydrogen (secondary N) is 1. The van der Waals surface area contributed by atoms with E-state index in [1.54, 1.807) is 0 Å². The number of anilines is 1. The van der Waals surface area contributed by atoms with Crippen molar-refractivity contribution in [2.45, 2.75) is 39.2 Å². The molecule has 0 aromatic heterocycles. The number of hydrogen-bond acceptors (Lipinski definition) is 2. The molecule has 0 aliphatic carbocycles. The zero-order valence-electron chi connectivity index (χ0n) is 10.2. The van der Waals surface area contributed by atoms with Crippen molar-refractivity contribution in [2.75, 3.05) is 5.32 Å². The molecular formula is C13H19NO2. The average Bonchev–Trinajstić information content (AvgIpc) is 2.16. The minimum atomic E-state index is -1.35. The summed E-state index contributed by atoms with van der Waals surface area (Å²) in [5.41, 5.74) is 0.528. The van der Waals surface area contributed by atoms with Crippen molar-refractivity contribution in [3.8, 4) is 0 Å². The molecule has 1 rings (SSSR count). The predicted molar refractivity (Wildman–Crippen MR) is 65.5 cm³/mol. The highest BCUT2D eigenvalue weighted by molar-refractivity contribution is 5.96. The first-order chi connectivity index (χ1) is 7.30. The van der Waals surface area contributed by atoms with Gasteiger partial charge in [0.2, 0.25) is 0 Å². The first-order valence-electron chi connectivity index (χ1n) is 5.44. The van der Waals surface area contributed by atoms with Gasteiger partial charge in [0, 0.05) is 5.69 Å². The molecule has 3 nitrogen and oxygen atoms in total. The Kier molecular flexibility index (Phi) is 3.70. The molecule has 0 atom stereocenters. The monoisotopic (exact) mass is 221 g/mol. The van der Waals surface area contributed by atoms with E-state index in [2.05, 4.69) is 19.2 Å². The molecule has 0 fully saturated rings. The van der Waals surface area contributed by atoms with Gasteiger partial charge < -0.3 is 10.4 Å². The van der Waals surface area contributed by atoms with Crippen molar-refractivity contribution < 1.29 is 9.90 Å². The number of aliphatic hydroxyl groups is 1. The quantitative estimate of drug-likeness (QED) is 0.824. The molecule has 2 N–H and O–H groups in total. The normalized spacial score (nSPS) is 11.6. The summed E-state index contributed by atoms with van der Waals surface area (Å²) in [7, 11) is 0. The zero-order valence-corrected chi connectivity index (χ0v) is 10.2. The van der Waals surface area contributed by atoms with Crippen LogP contribution in [0.4, 0.5) is 5.69 Å². The number of carbonyl (C=O) groups excluding carboxylic acids is 1. The molecule has 1 aromatic rings. The fraction of sp³-hybridized carbons (Fsp3) is 0.462. The molecule has 0 saturated heterocycles. The summed E-state index contributed by atoms with van der Waals surface area (Å²) in [4.78, 5) is 11.6. The van der Waals surface area contributed by atoms with Gasteiger partial charge in [-0.05, 0) is 37.5 Å². The lowest BCUT2D eigenvalue weighted by Gasteiger charge is -2.17. The van der Waals surface area contributed by atoms with Crippen molar-refractivity contribution in [1.29, 1.82) is 0 Å². The molecule has 0 radical (unpaired) electrons. The highest BCUT2D eigenvalue weighted by Crippen LogP contribution is 2.19. The van der Waals surface area contributed by atoms with Gasteiger partial charge in [-0.3, -0.25) is 4.79 Å². The molecule has 0 aliphatic rings. The Labute approximate surface area is 96.5 Å². The Hall–Kier alpha value is -1.35. The summed E-state index contributed by atoms with van der Waals surface area (Å²) in [5, 5.41) is 12.2. The zero-order chi connectivity index (χ0) is 12.3. The van der Waals surface area contributed by atoms with Crippen LogP contribution >= 0.6 is 0 Å². The van der Waals surface area contributed by atoms with Crippen LogP contribution in [0.5, 0.6) is 0 Å². The van der Waals surface area contributed by atoms with Gasteiger partial charge in [-0.25, -0.2) is 0 Å². The van der Waals surface area contributed by atoms with E-state index in [4.69, 9.17) is 0 Å². The third-order valence-electron chi connectivity index (χ3n) is 2.37. The van der Waals surface area contributed by atoms with E-state index in [1.807, 2.05) is 24.3 Å². The fourth-order valence-corrected chi connectivity index (χ4v) is 1.26. The Morgan fingerprint density at radius 3 is 2.50 bits per heavy atom. The minimum Gasteiger partial charge on any atom is -0.381 e. The highest BCUT2D eigenvalue weighted by atomic mass is 16.3. The van der Waals surface area contributed by atoms with Gasteiger partial charge in [0.1, 0.15) is 5.60 Å². The third kappa shape index (κ3) is 3.35. The largest absolute Gasteiger partial charge is 0.381 e. The fourth-order valence-electron chi connectivity index (χ4n) is 1.26. The van der Waals surface area contributed by atoms with Crippen LogP contribution in [-0.4, -0.2) is 16.6 Å². The lowest BCUT2D eigenvalue weighted by atomic mass is 10.0. The van der Waals surface area contributed by atoms with Gasteiger partial charge in [0.15, 0.2) is 0 Å². The Morgan fingerprint density at radius 2 is 2.00 bits per heavy atom. The molecule has 1 aromatic carbocycles. The molecule has 0 aliphatic heterocycles. The third-order valence-corrected chi connectivity index (χ3v) is 2.37. The maximum atomic E-state index is 11.6. The van der Waals surface area contributed by atoms with Crippen molar-refractivity contribution in [2.24, 2.45) is 0 Å². The minimum absolute atomic E-state index is 0.395. The lowest BCUT2D eigenvalue weighted by Crippen LogP contribution is -2.36. The second-order valence-electron chi connectivity index (χ2n) is 4.79. The van der Waals surface area contributed by atoms with Crippen molar-refractivity contribution in [3.63, 3.8) is 0 Å². The predicted octanol–water partition coefficient (Wildman–Crippen LogP) is 2.52. The second-order valence-corrected chi connectivity index (χ2v) is 4.79. The molecule has 0 saturated carbocycles. The summed E-state index contributed by atoms with van der Waals surface area (Å²) in [6.07, 6.45) is 0.